The Morgan fingerprint density at radius 3 is 2.81 bits per heavy atom. The van der Waals surface area contributed by atoms with E-state index in [1.165, 1.54) is 0 Å². The number of carbonyl (C=O) groups is 1. The molecule has 26 heavy (non-hydrogen) atoms. The molecule has 4 aromatic rings. The molecule has 3 aromatic heterocycles. The highest BCUT2D eigenvalue weighted by molar-refractivity contribution is 6.30. The molecule has 0 aliphatic rings. The van der Waals surface area contributed by atoms with Crippen molar-refractivity contribution >= 4 is 28.7 Å². The first-order chi connectivity index (χ1) is 12.6. The fraction of sp³-hybridized carbons (Fsp3) is 0.0526. The Morgan fingerprint density at radius 2 is 2.04 bits per heavy atom. The quantitative estimate of drug-likeness (QED) is 0.575. The molecule has 0 saturated heterocycles. The summed E-state index contributed by atoms with van der Waals surface area (Å²) >= 11 is 5.88. The molecule has 6 nitrogen and oxygen atoms in total. The number of pyridine rings is 1. The number of anilines is 1. The van der Waals surface area contributed by atoms with Crippen molar-refractivity contribution in [1.29, 1.82) is 0 Å². The molecule has 0 bridgehead atoms. The minimum Gasteiger partial charge on any atom is -0.396 e. The summed E-state index contributed by atoms with van der Waals surface area (Å²) in [5.41, 5.74) is 9.23. The third kappa shape index (κ3) is 3.02. The second kappa shape index (κ2) is 6.57. The van der Waals surface area contributed by atoms with Crippen LogP contribution in [-0.2, 0) is 6.54 Å². The molecule has 1 aromatic carbocycles. The average molecular weight is 367 g/mol. The zero-order valence-corrected chi connectivity index (χ0v) is 14.4. The molecule has 0 radical (unpaired) electrons. The van der Waals surface area contributed by atoms with E-state index in [0.717, 1.165) is 11.1 Å². The molecule has 4 rings (SSSR count). The van der Waals surface area contributed by atoms with Crippen molar-refractivity contribution in [2.45, 2.75) is 6.54 Å². The van der Waals surface area contributed by atoms with Crippen LogP contribution in [0.25, 0.3) is 16.8 Å². The number of hydrogen-bond acceptors (Lipinski definition) is 4. The van der Waals surface area contributed by atoms with Crippen LogP contribution in [0.4, 0.5) is 5.69 Å². The lowest BCUT2D eigenvalue weighted by Gasteiger charge is -2.01. The summed E-state index contributed by atoms with van der Waals surface area (Å²) in [5, 5.41) is 7.45. The molecule has 0 unspecified atom stereocenters. The van der Waals surface area contributed by atoms with Crippen LogP contribution < -0.4 is 11.1 Å². The summed E-state index contributed by atoms with van der Waals surface area (Å²) in [7, 11) is 0. The van der Waals surface area contributed by atoms with Gasteiger partial charge >= 0.3 is 0 Å². The molecular formula is C19H15ClN4O2. The molecular weight excluding hydrogens is 352 g/mol. The Morgan fingerprint density at radius 1 is 1.23 bits per heavy atom. The van der Waals surface area contributed by atoms with Gasteiger partial charge in [0.1, 0.15) is 5.69 Å². The van der Waals surface area contributed by atoms with E-state index in [9.17, 15) is 4.79 Å². The van der Waals surface area contributed by atoms with Gasteiger partial charge in [-0.1, -0.05) is 22.8 Å². The van der Waals surface area contributed by atoms with Crippen LogP contribution >= 0.6 is 11.6 Å². The van der Waals surface area contributed by atoms with E-state index in [4.69, 9.17) is 21.9 Å². The van der Waals surface area contributed by atoms with E-state index >= 15 is 0 Å². The van der Waals surface area contributed by atoms with Gasteiger partial charge in [0.15, 0.2) is 5.76 Å². The molecule has 0 spiro atoms. The molecule has 3 heterocycles. The summed E-state index contributed by atoms with van der Waals surface area (Å²) < 4.78 is 7.15. The zero-order chi connectivity index (χ0) is 18.1. The molecule has 3 N–H and O–H groups in total. The van der Waals surface area contributed by atoms with Crippen molar-refractivity contribution in [3.8, 4) is 11.3 Å². The molecule has 1 amide bonds. The maximum absolute atomic E-state index is 12.4. The lowest BCUT2D eigenvalue weighted by Crippen LogP contribution is -2.23. The minimum absolute atomic E-state index is 0.238. The standard InChI is InChI=1S/C19H15ClN4O2/c20-13-6-4-12(5-7-13)17-9-14(23-26-17)10-22-19(25)15-11-24-8-2-1-3-16(24)18(15)21/h1-9,11H,10,21H2,(H,22,25). The van der Waals surface area contributed by atoms with Crippen molar-refractivity contribution in [1.82, 2.24) is 14.9 Å². The lowest BCUT2D eigenvalue weighted by atomic mass is 10.1. The normalized spacial score (nSPS) is 11.0. The first-order valence-corrected chi connectivity index (χ1v) is 8.34. The predicted molar refractivity (Wildman–Crippen MR) is 99.9 cm³/mol. The van der Waals surface area contributed by atoms with Gasteiger partial charge in [-0.25, -0.2) is 0 Å². The Bertz CT molecular complexity index is 1080. The number of fused-ring (bicyclic) bond motifs is 1. The van der Waals surface area contributed by atoms with E-state index < -0.39 is 0 Å². The van der Waals surface area contributed by atoms with Crippen LogP contribution in [0, 0.1) is 0 Å². The molecule has 7 heteroatoms. The number of halogens is 1. The molecule has 130 valence electrons. The van der Waals surface area contributed by atoms with Crippen molar-refractivity contribution in [3.63, 3.8) is 0 Å². The fourth-order valence-corrected chi connectivity index (χ4v) is 2.86. The number of amides is 1. The van der Waals surface area contributed by atoms with Gasteiger partial charge in [-0.05, 0) is 36.4 Å². The van der Waals surface area contributed by atoms with Gasteiger partial charge in [0.25, 0.3) is 5.91 Å². The molecule has 0 saturated carbocycles. The van der Waals surface area contributed by atoms with Crippen LogP contribution in [0.3, 0.4) is 0 Å². The summed E-state index contributed by atoms with van der Waals surface area (Å²) in [5.74, 6) is 0.349. The van der Waals surface area contributed by atoms with Crippen LogP contribution in [0.2, 0.25) is 5.02 Å². The van der Waals surface area contributed by atoms with Crippen LogP contribution in [0.1, 0.15) is 16.1 Å². The highest BCUT2D eigenvalue weighted by Gasteiger charge is 2.15. The fourth-order valence-electron chi connectivity index (χ4n) is 2.74. The summed E-state index contributed by atoms with van der Waals surface area (Å²) in [4.78, 5) is 12.4. The number of nitrogens with zero attached hydrogens (tertiary/aromatic N) is 2. The van der Waals surface area contributed by atoms with Gasteiger partial charge in [0.05, 0.1) is 23.3 Å². The van der Waals surface area contributed by atoms with Crippen molar-refractivity contribution < 1.29 is 9.32 Å². The topological polar surface area (TPSA) is 85.6 Å². The SMILES string of the molecule is Nc1c(C(=O)NCc2cc(-c3ccc(Cl)cc3)on2)cn2ccccc12. The van der Waals surface area contributed by atoms with Gasteiger partial charge in [0, 0.05) is 29.0 Å². The number of nitrogens with one attached hydrogen (secondary N) is 1. The second-order valence-electron chi connectivity index (χ2n) is 5.82. The lowest BCUT2D eigenvalue weighted by molar-refractivity contribution is 0.0951. The number of nitrogen functional groups attached to an aromatic ring is 1. The third-order valence-corrected chi connectivity index (χ3v) is 4.34. The number of benzene rings is 1. The summed E-state index contributed by atoms with van der Waals surface area (Å²) in [6.45, 7) is 0.238. The van der Waals surface area contributed by atoms with E-state index in [2.05, 4.69) is 10.5 Å². The second-order valence-corrected chi connectivity index (χ2v) is 6.26. The van der Waals surface area contributed by atoms with E-state index in [1.807, 2.05) is 40.9 Å². The minimum atomic E-state index is -0.262. The van der Waals surface area contributed by atoms with Gasteiger partial charge < -0.3 is 20.0 Å². The third-order valence-electron chi connectivity index (χ3n) is 4.09. The maximum Gasteiger partial charge on any atom is 0.255 e. The Labute approximate surface area is 154 Å². The van der Waals surface area contributed by atoms with Gasteiger partial charge in [0.2, 0.25) is 0 Å². The van der Waals surface area contributed by atoms with Crippen LogP contribution in [0.15, 0.2) is 65.4 Å². The Hall–Kier alpha value is -3.25. The average Bonchev–Trinajstić information content (AvgIpc) is 3.26. The Balaban J connectivity index is 1.47. The number of nitrogens with two attached hydrogens (primary N) is 1. The highest BCUT2D eigenvalue weighted by atomic mass is 35.5. The largest absolute Gasteiger partial charge is 0.396 e. The number of carbonyl (C=O) groups excluding carboxylic acids is 1. The molecule has 0 fully saturated rings. The zero-order valence-electron chi connectivity index (χ0n) is 13.6. The predicted octanol–water partition coefficient (Wildman–Crippen LogP) is 3.76. The van der Waals surface area contributed by atoms with Crippen molar-refractivity contribution in [2.24, 2.45) is 0 Å². The molecule has 0 atom stereocenters. The number of hydrogen-bond donors (Lipinski definition) is 2. The van der Waals surface area contributed by atoms with Gasteiger partial charge in [-0.2, -0.15) is 0 Å². The van der Waals surface area contributed by atoms with Crippen LogP contribution in [0.5, 0.6) is 0 Å². The monoisotopic (exact) mass is 366 g/mol. The van der Waals surface area contributed by atoms with Gasteiger partial charge in [-0.3, -0.25) is 4.79 Å². The Kier molecular flexibility index (Phi) is 4.10. The molecule has 0 aliphatic carbocycles. The molecule has 0 aliphatic heterocycles. The number of aromatic nitrogens is 2. The first-order valence-electron chi connectivity index (χ1n) is 7.97. The van der Waals surface area contributed by atoms with E-state index in [1.54, 1.807) is 24.4 Å². The van der Waals surface area contributed by atoms with E-state index in [-0.39, 0.29) is 12.5 Å². The van der Waals surface area contributed by atoms with E-state index in [0.29, 0.717) is 27.7 Å². The summed E-state index contributed by atoms with van der Waals surface area (Å²) in [6, 6.07) is 14.6. The van der Waals surface area contributed by atoms with Crippen molar-refractivity contribution in [3.05, 3.63) is 77.2 Å². The van der Waals surface area contributed by atoms with Crippen LogP contribution in [-0.4, -0.2) is 15.5 Å². The maximum atomic E-state index is 12.4. The number of rotatable bonds is 4. The summed E-state index contributed by atoms with van der Waals surface area (Å²) in [6.07, 6.45) is 3.56. The highest BCUT2D eigenvalue weighted by Crippen LogP contribution is 2.23. The first kappa shape index (κ1) is 16.2. The van der Waals surface area contributed by atoms with Gasteiger partial charge in [-0.15, -0.1) is 0 Å². The smallest absolute Gasteiger partial charge is 0.255 e. The van der Waals surface area contributed by atoms with Crippen molar-refractivity contribution in [2.75, 3.05) is 5.73 Å².